The number of hydrogen-bond donors (Lipinski definition) is 0. The highest BCUT2D eigenvalue weighted by Gasteiger charge is 2.09. The van der Waals surface area contributed by atoms with E-state index >= 15 is 0 Å². The van der Waals surface area contributed by atoms with E-state index < -0.39 is 0 Å². The standard InChI is InChI=1S/C15H12Cl2/c1-2-15(11-3-7-13(16)8-4-11)12-5-9-14(17)10-6-12/h2-10,15H,1H2. The third-order valence-electron chi connectivity index (χ3n) is 2.69. The molecule has 2 aromatic carbocycles. The molecule has 0 aliphatic heterocycles. The van der Waals surface area contributed by atoms with Crippen LogP contribution in [0.1, 0.15) is 17.0 Å². The second kappa shape index (κ2) is 5.39. The Hall–Kier alpha value is -1.24. The van der Waals surface area contributed by atoms with Crippen molar-refractivity contribution < 1.29 is 0 Å². The lowest BCUT2D eigenvalue weighted by atomic mass is 9.92. The minimum Gasteiger partial charge on any atom is -0.102 e. The smallest absolute Gasteiger partial charge is 0.0406 e. The van der Waals surface area contributed by atoms with Crippen LogP contribution in [0.25, 0.3) is 0 Å². The maximum atomic E-state index is 5.88. The molecule has 0 aliphatic carbocycles. The van der Waals surface area contributed by atoms with E-state index in [0.717, 1.165) is 10.0 Å². The molecule has 2 aromatic rings. The van der Waals surface area contributed by atoms with Gasteiger partial charge in [0.2, 0.25) is 0 Å². The molecule has 86 valence electrons. The van der Waals surface area contributed by atoms with Gasteiger partial charge in [0.25, 0.3) is 0 Å². The summed E-state index contributed by atoms with van der Waals surface area (Å²) in [6.45, 7) is 3.89. The molecule has 0 aromatic heterocycles. The second-order valence-corrected chi connectivity index (χ2v) is 4.69. The zero-order valence-corrected chi connectivity index (χ0v) is 10.7. The molecule has 17 heavy (non-hydrogen) atoms. The van der Waals surface area contributed by atoms with Crippen LogP contribution in [0.2, 0.25) is 10.0 Å². The Morgan fingerprint density at radius 1 is 0.765 bits per heavy atom. The Morgan fingerprint density at radius 2 is 1.12 bits per heavy atom. The number of hydrogen-bond acceptors (Lipinski definition) is 0. The third-order valence-corrected chi connectivity index (χ3v) is 3.20. The molecule has 2 heteroatoms. The molecule has 0 saturated carbocycles. The Balaban J connectivity index is 2.36. The lowest BCUT2D eigenvalue weighted by Gasteiger charge is -2.13. The van der Waals surface area contributed by atoms with Crippen LogP contribution in [0.3, 0.4) is 0 Å². The Kier molecular flexibility index (Phi) is 3.88. The Morgan fingerprint density at radius 3 is 1.41 bits per heavy atom. The van der Waals surface area contributed by atoms with Gasteiger partial charge in [-0.1, -0.05) is 53.5 Å². The average molecular weight is 263 g/mol. The van der Waals surface area contributed by atoms with Crippen LogP contribution in [0.15, 0.2) is 61.2 Å². The molecule has 0 atom stereocenters. The highest BCUT2D eigenvalue weighted by atomic mass is 35.5. The highest BCUT2D eigenvalue weighted by molar-refractivity contribution is 6.30. The summed E-state index contributed by atoms with van der Waals surface area (Å²) in [5, 5.41) is 1.49. The van der Waals surface area contributed by atoms with Gasteiger partial charge in [-0.2, -0.15) is 0 Å². The van der Waals surface area contributed by atoms with Gasteiger partial charge in [-0.15, -0.1) is 6.58 Å². The van der Waals surface area contributed by atoms with Crippen molar-refractivity contribution in [1.82, 2.24) is 0 Å². The van der Waals surface area contributed by atoms with Gasteiger partial charge in [0.05, 0.1) is 0 Å². The maximum Gasteiger partial charge on any atom is 0.0406 e. The summed E-state index contributed by atoms with van der Waals surface area (Å²) in [4.78, 5) is 0. The number of benzene rings is 2. The van der Waals surface area contributed by atoms with Crippen molar-refractivity contribution in [2.45, 2.75) is 5.92 Å². The summed E-state index contributed by atoms with van der Waals surface area (Å²) in [5.74, 6) is 0.171. The minimum absolute atomic E-state index is 0.171. The van der Waals surface area contributed by atoms with Gasteiger partial charge in [-0.05, 0) is 35.4 Å². The summed E-state index contributed by atoms with van der Waals surface area (Å²) in [6, 6.07) is 15.6. The molecule has 0 aliphatic rings. The summed E-state index contributed by atoms with van der Waals surface area (Å²) in [7, 11) is 0. The predicted molar refractivity (Wildman–Crippen MR) is 74.9 cm³/mol. The first-order valence-corrected chi connectivity index (χ1v) is 6.10. The fourth-order valence-electron chi connectivity index (χ4n) is 1.80. The van der Waals surface area contributed by atoms with E-state index in [1.807, 2.05) is 54.6 Å². The predicted octanol–water partition coefficient (Wildman–Crippen LogP) is 5.31. The van der Waals surface area contributed by atoms with Gasteiger partial charge < -0.3 is 0 Å². The normalized spacial score (nSPS) is 10.5. The van der Waals surface area contributed by atoms with Crippen molar-refractivity contribution in [3.8, 4) is 0 Å². The number of rotatable bonds is 3. The van der Waals surface area contributed by atoms with Crippen molar-refractivity contribution in [3.05, 3.63) is 82.4 Å². The minimum atomic E-state index is 0.171. The molecule has 0 radical (unpaired) electrons. The van der Waals surface area contributed by atoms with Crippen molar-refractivity contribution in [2.24, 2.45) is 0 Å². The summed E-state index contributed by atoms with van der Waals surface area (Å²) in [5.41, 5.74) is 2.35. The maximum absolute atomic E-state index is 5.88. The first-order chi connectivity index (χ1) is 8.20. The van der Waals surface area contributed by atoms with Crippen LogP contribution in [0.5, 0.6) is 0 Å². The fourth-order valence-corrected chi connectivity index (χ4v) is 2.06. The quantitative estimate of drug-likeness (QED) is 0.658. The summed E-state index contributed by atoms with van der Waals surface area (Å²) in [6.07, 6.45) is 1.92. The van der Waals surface area contributed by atoms with Crippen LogP contribution in [-0.2, 0) is 0 Å². The SMILES string of the molecule is C=CC(c1ccc(Cl)cc1)c1ccc(Cl)cc1. The molecule has 0 nitrogen and oxygen atoms in total. The van der Waals surface area contributed by atoms with Gasteiger partial charge in [0.15, 0.2) is 0 Å². The van der Waals surface area contributed by atoms with E-state index in [1.54, 1.807) is 0 Å². The molecular formula is C15H12Cl2. The average Bonchev–Trinajstić information content (AvgIpc) is 2.35. The van der Waals surface area contributed by atoms with Crippen LogP contribution in [0.4, 0.5) is 0 Å². The molecule has 0 N–H and O–H groups in total. The monoisotopic (exact) mass is 262 g/mol. The van der Waals surface area contributed by atoms with Gasteiger partial charge in [-0.25, -0.2) is 0 Å². The molecule has 0 spiro atoms. The molecule has 0 bridgehead atoms. The Labute approximate surface area is 112 Å². The third kappa shape index (κ3) is 2.91. The summed E-state index contributed by atoms with van der Waals surface area (Å²) < 4.78 is 0. The van der Waals surface area contributed by atoms with Crippen LogP contribution in [-0.4, -0.2) is 0 Å². The van der Waals surface area contributed by atoms with Crippen molar-refractivity contribution in [2.75, 3.05) is 0 Å². The largest absolute Gasteiger partial charge is 0.102 e. The van der Waals surface area contributed by atoms with E-state index in [-0.39, 0.29) is 5.92 Å². The van der Waals surface area contributed by atoms with E-state index in [1.165, 1.54) is 11.1 Å². The zero-order valence-electron chi connectivity index (χ0n) is 9.24. The van der Waals surface area contributed by atoms with E-state index in [0.29, 0.717) is 0 Å². The number of allylic oxidation sites excluding steroid dienone is 1. The van der Waals surface area contributed by atoms with E-state index in [9.17, 15) is 0 Å². The van der Waals surface area contributed by atoms with Crippen LogP contribution >= 0.6 is 23.2 Å². The van der Waals surface area contributed by atoms with Crippen LogP contribution in [0, 0.1) is 0 Å². The molecule has 0 saturated heterocycles. The summed E-state index contributed by atoms with van der Waals surface area (Å²) >= 11 is 11.8. The van der Waals surface area contributed by atoms with Gasteiger partial charge in [0, 0.05) is 16.0 Å². The van der Waals surface area contributed by atoms with Gasteiger partial charge in [-0.3, -0.25) is 0 Å². The second-order valence-electron chi connectivity index (χ2n) is 3.82. The molecule has 2 rings (SSSR count). The Bertz CT molecular complexity index is 452. The zero-order chi connectivity index (χ0) is 12.3. The highest BCUT2D eigenvalue weighted by Crippen LogP contribution is 2.27. The molecular weight excluding hydrogens is 251 g/mol. The molecule has 0 fully saturated rings. The molecule has 0 unspecified atom stereocenters. The molecule has 0 heterocycles. The lowest BCUT2D eigenvalue weighted by molar-refractivity contribution is 1.03. The van der Waals surface area contributed by atoms with Gasteiger partial charge in [0.1, 0.15) is 0 Å². The van der Waals surface area contributed by atoms with Gasteiger partial charge >= 0.3 is 0 Å². The van der Waals surface area contributed by atoms with Crippen molar-refractivity contribution in [1.29, 1.82) is 0 Å². The van der Waals surface area contributed by atoms with E-state index in [4.69, 9.17) is 23.2 Å². The topological polar surface area (TPSA) is 0 Å². The van der Waals surface area contributed by atoms with Crippen LogP contribution < -0.4 is 0 Å². The van der Waals surface area contributed by atoms with Crippen molar-refractivity contribution >= 4 is 23.2 Å². The first kappa shape index (κ1) is 12.2. The lowest BCUT2D eigenvalue weighted by Crippen LogP contribution is -1.96. The number of halogens is 2. The van der Waals surface area contributed by atoms with E-state index in [2.05, 4.69) is 6.58 Å². The first-order valence-electron chi connectivity index (χ1n) is 5.34. The molecule has 0 amide bonds. The fraction of sp³-hybridized carbons (Fsp3) is 0.0667. The van der Waals surface area contributed by atoms with Crippen molar-refractivity contribution in [3.63, 3.8) is 0 Å².